The van der Waals surface area contributed by atoms with Gasteiger partial charge in [-0.05, 0) is 6.07 Å². The molecular formula is C11H8N4. The lowest BCUT2D eigenvalue weighted by Gasteiger charge is -2.00. The van der Waals surface area contributed by atoms with Crippen molar-refractivity contribution in [2.45, 2.75) is 0 Å². The molecule has 15 heavy (non-hydrogen) atoms. The predicted octanol–water partition coefficient (Wildman–Crippen LogP) is 2.02. The summed E-state index contributed by atoms with van der Waals surface area (Å²) in [6.07, 6.45) is 3.53. The maximum Gasteiger partial charge on any atom is 0.121 e. The summed E-state index contributed by atoms with van der Waals surface area (Å²) in [7, 11) is 0. The van der Waals surface area contributed by atoms with Gasteiger partial charge in [-0.1, -0.05) is 24.3 Å². The fourth-order valence-corrected chi connectivity index (χ4v) is 1.61. The molecule has 0 atom stereocenters. The average Bonchev–Trinajstić information content (AvgIpc) is 2.82. The van der Waals surface area contributed by atoms with Gasteiger partial charge in [0.1, 0.15) is 11.4 Å². The highest BCUT2D eigenvalue weighted by atomic mass is 15.1. The van der Waals surface area contributed by atoms with Crippen LogP contribution < -0.4 is 0 Å². The Balaban J connectivity index is 2.36. The summed E-state index contributed by atoms with van der Waals surface area (Å²) >= 11 is 0. The zero-order chi connectivity index (χ0) is 10.1. The third-order valence-electron chi connectivity index (χ3n) is 2.31. The number of rotatable bonds is 1. The van der Waals surface area contributed by atoms with Crippen molar-refractivity contribution in [3.63, 3.8) is 0 Å². The Morgan fingerprint density at radius 1 is 1.07 bits per heavy atom. The van der Waals surface area contributed by atoms with Gasteiger partial charge in [0.05, 0.1) is 6.20 Å². The van der Waals surface area contributed by atoms with Gasteiger partial charge < -0.3 is 0 Å². The Hall–Kier alpha value is -2.23. The largest absolute Gasteiger partial charge is 0.285 e. The van der Waals surface area contributed by atoms with Gasteiger partial charge in [-0.15, -0.1) is 5.10 Å². The number of aromatic amines is 1. The van der Waals surface area contributed by atoms with Crippen LogP contribution >= 0.6 is 0 Å². The van der Waals surface area contributed by atoms with Crippen molar-refractivity contribution in [3.8, 4) is 11.4 Å². The van der Waals surface area contributed by atoms with Crippen LogP contribution in [-0.4, -0.2) is 20.4 Å². The first-order chi connectivity index (χ1) is 7.45. The first kappa shape index (κ1) is 8.11. The van der Waals surface area contributed by atoms with Crippen LogP contribution in [0, 0.1) is 0 Å². The minimum Gasteiger partial charge on any atom is -0.285 e. The molecule has 3 rings (SSSR count). The van der Waals surface area contributed by atoms with Crippen molar-refractivity contribution in [2.75, 3.05) is 0 Å². The lowest BCUT2D eigenvalue weighted by Crippen LogP contribution is -1.89. The van der Waals surface area contributed by atoms with Crippen molar-refractivity contribution >= 4 is 10.8 Å². The molecular weight excluding hydrogens is 188 g/mol. The zero-order valence-electron chi connectivity index (χ0n) is 7.88. The first-order valence-corrected chi connectivity index (χ1v) is 4.66. The Labute approximate surface area is 86.0 Å². The summed E-state index contributed by atoms with van der Waals surface area (Å²) in [4.78, 5) is 0. The van der Waals surface area contributed by atoms with Gasteiger partial charge in [-0.3, -0.25) is 5.10 Å². The van der Waals surface area contributed by atoms with Crippen LogP contribution in [0.15, 0.2) is 42.7 Å². The fourth-order valence-electron chi connectivity index (χ4n) is 1.61. The van der Waals surface area contributed by atoms with Crippen LogP contribution in [-0.2, 0) is 0 Å². The molecule has 0 bridgehead atoms. The van der Waals surface area contributed by atoms with E-state index >= 15 is 0 Å². The highest BCUT2D eigenvalue weighted by Gasteiger charge is 2.06. The standard InChI is InChI=1S/C11H8N4/c1-2-4-9-8(3-1)7-13-15-11(9)10-5-6-12-14-10/h1-7H,(H,12,14). The van der Waals surface area contributed by atoms with Crippen LogP contribution in [0.5, 0.6) is 0 Å². The second-order valence-corrected chi connectivity index (χ2v) is 3.24. The molecule has 4 heteroatoms. The van der Waals surface area contributed by atoms with Gasteiger partial charge >= 0.3 is 0 Å². The summed E-state index contributed by atoms with van der Waals surface area (Å²) in [6, 6.07) is 9.89. The van der Waals surface area contributed by atoms with E-state index < -0.39 is 0 Å². The highest BCUT2D eigenvalue weighted by Crippen LogP contribution is 2.22. The summed E-state index contributed by atoms with van der Waals surface area (Å²) in [5, 5.41) is 17.1. The molecule has 0 saturated heterocycles. The lowest BCUT2D eigenvalue weighted by atomic mass is 10.1. The number of nitrogens with zero attached hydrogens (tertiary/aromatic N) is 3. The topological polar surface area (TPSA) is 54.5 Å². The normalized spacial score (nSPS) is 10.7. The number of fused-ring (bicyclic) bond motifs is 1. The SMILES string of the molecule is c1ccc2c(-c3cc[nH]n3)nncc2c1. The Kier molecular flexibility index (Phi) is 1.71. The number of hydrogen-bond donors (Lipinski definition) is 1. The van der Waals surface area contributed by atoms with Crippen molar-refractivity contribution in [1.82, 2.24) is 20.4 Å². The molecule has 72 valence electrons. The van der Waals surface area contributed by atoms with E-state index in [9.17, 15) is 0 Å². The van der Waals surface area contributed by atoms with E-state index in [1.54, 1.807) is 12.4 Å². The van der Waals surface area contributed by atoms with Gasteiger partial charge in [0, 0.05) is 17.0 Å². The minimum atomic E-state index is 0.814. The zero-order valence-corrected chi connectivity index (χ0v) is 7.88. The first-order valence-electron chi connectivity index (χ1n) is 4.66. The molecule has 0 unspecified atom stereocenters. The van der Waals surface area contributed by atoms with Crippen LogP contribution in [0.3, 0.4) is 0 Å². The maximum absolute atomic E-state index is 4.12. The van der Waals surface area contributed by atoms with Crippen LogP contribution in [0.4, 0.5) is 0 Å². The molecule has 3 aromatic rings. The number of hydrogen-bond acceptors (Lipinski definition) is 3. The van der Waals surface area contributed by atoms with Gasteiger partial charge in [0.15, 0.2) is 0 Å². The monoisotopic (exact) mass is 196 g/mol. The smallest absolute Gasteiger partial charge is 0.121 e. The summed E-state index contributed by atoms with van der Waals surface area (Å²) < 4.78 is 0. The molecule has 0 radical (unpaired) electrons. The van der Waals surface area contributed by atoms with Gasteiger partial charge in [0.2, 0.25) is 0 Å². The quantitative estimate of drug-likeness (QED) is 0.647. The molecule has 4 nitrogen and oxygen atoms in total. The molecule has 2 aromatic heterocycles. The second kappa shape index (κ2) is 3.16. The van der Waals surface area contributed by atoms with Gasteiger partial charge in [-0.2, -0.15) is 10.2 Å². The van der Waals surface area contributed by atoms with E-state index in [1.165, 1.54) is 0 Å². The van der Waals surface area contributed by atoms with E-state index in [2.05, 4.69) is 20.4 Å². The molecule has 0 spiro atoms. The highest BCUT2D eigenvalue weighted by molar-refractivity contribution is 5.92. The van der Waals surface area contributed by atoms with Crippen LogP contribution in [0.1, 0.15) is 0 Å². The number of aromatic nitrogens is 4. The molecule has 2 heterocycles. The summed E-state index contributed by atoms with van der Waals surface area (Å²) in [5.74, 6) is 0. The molecule has 1 N–H and O–H groups in total. The predicted molar refractivity (Wildman–Crippen MR) is 57.1 cm³/mol. The molecule has 1 aromatic carbocycles. The lowest BCUT2D eigenvalue weighted by molar-refractivity contribution is 1.03. The second-order valence-electron chi connectivity index (χ2n) is 3.24. The van der Waals surface area contributed by atoms with Gasteiger partial charge in [-0.25, -0.2) is 0 Å². The van der Waals surface area contributed by atoms with Crippen molar-refractivity contribution in [3.05, 3.63) is 42.7 Å². The van der Waals surface area contributed by atoms with Crippen molar-refractivity contribution in [1.29, 1.82) is 0 Å². The molecule has 0 fully saturated rings. The maximum atomic E-state index is 4.12. The number of nitrogens with one attached hydrogen (secondary N) is 1. The summed E-state index contributed by atoms with van der Waals surface area (Å²) in [5.41, 5.74) is 1.63. The summed E-state index contributed by atoms with van der Waals surface area (Å²) in [6.45, 7) is 0. The minimum absolute atomic E-state index is 0.814. The average molecular weight is 196 g/mol. The van der Waals surface area contributed by atoms with E-state index in [1.807, 2.05) is 30.3 Å². The number of H-pyrrole nitrogens is 1. The third-order valence-corrected chi connectivity index (χ3v) is 2.31. The molecule has 0 saturated carbocycles. The third kappa shape index (κ3) is 1.27. The van der Waals surface area contributed by atoms with E-state index in [0.717, 1.165) is 22.2 Å². The molecule has 0 aliphatic heterocycles. The Morgan fingerprint density at radius 2 is 2.00 bits per heavy atom. The molecule has 0 amide bonds. The Bertz CT molecular complexity index is 581. The van der Waals surface area contributed by atoms with Crippen molar-refractivity contribution in [2.24, 2.45) is 0 Å². The Morgan fingerprint density at radius 3 is 2.87 bits per heavy atom. The van der Waals surface area contributed by atoms with Crippen molar-refractivity contribution < 1.29 is 0 Å². The molecule has 0 aliphatic rings. The van der Waals surface area contributed by atoms with Crippen LogP contribution in [0.25, 0.3) is 22.2 Å². The van der Waals surface area contributed by atoms with Crippen LogP contribution in [0.2, 0.25) is 0 Å². The van der Waals surface area contributed by atoms with Gasteiger partial charge in [0.25, 0.3) is 0 Å². The molecule has 0 aliphatic carbocycles. The number of benzene rings is 1. The van der Waals surface area contributed by atoms with E-state index in [-0.39, 0.29) is 0 Å². The van der Waals surface area contributed by atoms with E-state index in [0.29, 0.717) is 0 Å². The van der Waals surface area contributed by atoms with E-state index in [4.69, 9.17) is 0 Å². The fraction of sp³-hybridized carbons (Fsp3) is 0.